The second kappa shape index (κ2) is 45.6. The molecular weight excluding hydrogens is 955 g/mol. The molecule has 9 N–H and O–H groups in total. The van der Waals surface area contributed by atoms with E-state index in [1.807, 2.05) is 6.08 Å². The molecule has 0 spiro atoms. The fourth-order valence-electron chi connectivity index (χ4n) is 8.58. The van der Waals surface area contributed by atoms with Crippen LogP contribution in [0.4, 0.5) is 0 Å². The summed E-state index contributed by atoms with van der Waals surface area (Å²) in [5.41, 5.74) is 0. The molecule has 2 aliphatic rings. The van der Waals surface area contributed by atoms with Gasteiger partial charge in [-0.1, -0.05) is 187 Å². The van der Waals surface area contributed by atoms with Gasteiger partial charge in [0.1, 0.15) is 48.8 Å². The number of unbranched alkanes of at least 4 members (excludes halogenated alkanes) is 14. The zero-order chi connectivity index (χ0) is 54.6. The van der Waals surface area contributed by atoms with Gasteiger partial charge in [-0.05, 0) is 89.9 Å². The lowest BCUT2D eigenvalue weighted by Crippen LogP contribution is -2.65. The third-order valence-electron chi connectivity index (χ3n) is 13.2. The number of aliphatic hydroxyl groups is 8. The number of ether oxygens (including phenoxy) is 4. The lowest BCUT2D eigenvalue weighted by Gasteiger charge is -2.46. The molecular formula is C61H101NO13. The van der Waals surface area contributed by atoms with Gasteiger partial charge in [0.25, 0.3) is 0 Å². The van der Waals surface area contributed by atoms with Gasteiger partial charge in [0.2, 0.25) is 5.91 Å². The molecule has 2 fully saturated rings. The van der Waals surface area contributed by atoms with E-state index in [0.717, 1.165) is 103 Å². The van der Waals surface area contributed by atoms with E-state index >= 15 is 0 Å². The van der Waals surface area contributed by atoms with Crippen LogP contribution in [0.1, 0.15) is 174 Å². The van der Waals surface area contributed by atoms with Crippen LogP contribution in [-0.4, -0.2) is 140 Å². The second-order valence-corrected chi connectivity index (χ2v) is 19.7. The quantitative estimate of drug-likeness (QED) is 0.0205. The van der Waals surface area contributed by atoms with E-state index in [1.54, 1.807) is 6.08 Å². The number of hydrogen-bond acceptors (Lipinski definition) is 13. The minimum absolute atomic E-state index is 0.253. The van der Waals surface area contributed by atoms with Crippen LogP contribution in [0.15, 0.2) is 109 Å². The number of carbonyl (C=O) groups excluding carboxylic acids is 1. The number of carbonyl (C=O) groups is 1. The standard InChI is InChI=1S/C61H101NO13/c1-3-5-7-9-11-13-15-17-18-19-20-21-22-23-24-25-26-27-28-29-30-31-32-33-35-37-39-41-43-45-53(66)62-49(50(65)44-42-40-38-36-34-16-14-12-10-8-6-4-2)48-72-60-58(71)56(69)59(52(47-64)74-60)75-61-57(70)55(68)54(67)51(46-63)73-61/h5,7,11,13,17-18,20-21,23-24,26-27,29-30,34,36,42,44,49-52,54-61,63-65,67-71H,3-4,6,8-10,12,14-16,19,22,25,28,31-33,35,37-41,43,45-48H2,1-2H3,(H,62,66)/b7-5-,13-11-,18-17-,21-20-,24-23-,27-26-,30-29-,36-34+,44-42+. The monoisotopic (exact) mass is 1060 g/mol. The molecule has 2 rings (SSSR count). The van der Waals surface area contributed by atoms with Gasteiger partial charge in [0.15, 0.2) is 12.6 Å². The summed E-state index contributed by atoms with van der Waals surface area (Å²) in [5.74, 6) is -0.268. The molecule has 14 nitrogen and oxygen atoms in total. The van der Waals surface area contributed by atoms with Crippen molar-refractivity contribution in [1.82, 2.24) is 5.32 Å². The lowest BCUT2D eigenvalue weighted by molar-refractivity contribution is -0.359. The molecule has 0 saturated carbocycles. The zero-order valence-corrected chi connectivity index (χ0v) is 45.7. The first-order valence-corrected chi connectivity index (χ1v) is 28.6. The number of rotatable bonds is 43. The Bertz CT molecular complexity index is 1670. The van der Waals surface area contributed by atoms with Crippen LogP contribution in [0.25, 0.3) is 0 Å². The Morgan fingerprint density at radius 3 is 1.47 bits per heavy atom. The fraction of sp³-hybridized carbons (Fsp3) is 0.689. The summed E-state index contributed by atoms with van der Waals surface area (Å²) < 4.78 is 22.7. The predicted octanol–water partition coefficient (Wildman–Crippen LogP) is 9.27. The SMILES string of the molecule is CC/C=C\C/C=C\C/C=C\C/C=C\C/C=C\C/C=C\C/C=C\CCCCCCCCCC(=O)NC(COC1OC(CO)C(OC2OC(CO)C(O)C(O)C2O)C(O)C1O)C(O)/C=C/CC/C=C/CCCCCCCC. The highest BCUT2D eigenvalue weighted by Gasteiger charge is 2.51. The molecule has 0 radical (unpaired) electrons. The van der Waals surface area contributed by atoms with Crippen LogP contribution in [0.2, 0.25) is 0 Å². The van der Waals surface area contributed by atoms with E-state index in [-0.39, 0.29) is 18.9 Å². The van der Waals surface area contributed by atoms with E-state index in [2.05, 4.69) is 116 Å². The Labute approximate surface area is 451 Å². The predicted molar refractivity (Wildman–Crippen MR) is 299 cm³/mol. The summed E-state index contributed by atoms with van der Waals surface area (Å²) in [6, 6.07) is -0.944. The van der Waals surface area contributed by atoms with Gasteiger partial charge >= 0.3 is 0 Å². The first kappa shape index (κ1) is 67.8. The summed E-state index contributed by atoms with van der Waals surface area (Å²) in [5, 5.41) is 86.8. The molecule has 14 heteroatoms. The minimum Gasteiger partial charge on any atom is -0.394 e. The third-order valence-corrected chi connectivity index (χ3v) is 13.2. The van der Waals surface area contributed by atoms with Crippen LogP contribution in [0.3, 0.4) is 0 Å². The first-order valence-electron chi connectivity index (χ1n) is 28.6. The van der Waals surface area contributed by atoms with Crippen molar-refractivity contribution < 1.29 is 64.6 Å². The molecule has 2 aliphatic heterocycles. The Morgan fingerprint density at radius 1 is 0.493 bits per heavy atom. The zero-order valence-electron chi connectivity index (χ0n) is 45.7. The van der Waals surface area contributed by atoms with E-state index in [0.29, 0.717) is 12.8 Å². The molecule has 0 bridgehead atoms. The maximum Gasteiger partial charge on any atom is 0.220 e. The van der Waals surface area contributed by atoms with E-state index in [9.17, 15) is 45.6 Å². The summed E-state index contributed by atoms with van der Waals surface area (Å²) in [6.45, 7) is 2.61. The third kappa shape index (κ3) is 31.6. The summed E-state index contributed by atoms with van der Waals surface area (Å²) in [7, 11) is 0. The molecule has 0 aliphatic carbocycles. The van der Waals surface area contributed by atoms with Crippen LogP contribution in [0.5, 0.6) is 0 Å². The Balaban J connectivity index is 1.74. The smallest absolute Gasteiger partial charge is 0.220 e. The van der Waals surface area contributed by atoms with Gasteiger partial charge in [-0.15, -0.1) is 0 Å². The van der Waals surface area contributed by atoms with Gasteiger partial charge in [-0.2, -0.15) is 0 Å². The average Bonchev–Trinajstić information content (AvgIpc) is 3.41. The number of nitrogens with one attached hydrogen (secondary N) is 1. The second-order valence-electron chi connectivity index (χ2n) is 19.7. The maximum atomic E-state index is 13.2. The minimum atomic E-state index is -1.80. The van der Waals surface area contributed by atoms with Crippen LogP contribution in [-0.2, 0) is 23.7 Å². The van der Waals surface area contributed by atoms with Gasteiger partial charge in [0, 0.05) is 6.42 Å². The number of allylic oxidation sites excluding steroid dienone is 17. The molecule has 1 amide bonds. The van der Waals surface area contributed by atoms with Crippen LogP contribution >= 0.6 is 0 Å². The Hall–Kier alpha value is -3.35. The highest BCUT2D eigenvalue weighted by molar-refractivity contribution is 5.76. The summed E-state index contributed by atoms with van der Waals surface area (Å²) >= 11 is 0. The van der Waals surface area contributed by atoms with Crippen molar-refractivity contribution in [1.29, 1.82) is 0 Å². The molecule has 12 atom stereocenters. The van der Waals surface area contributed by atoms with Crippen molar-refractivity contribution in [2.45, 2.75) is 248 Å². The van der Waals surface area contributed by atoms with Crippen molar-refractivity contribution in [3.8, 4) is 0 Å². The molecule has 12 unspecified atom stereocenters. The van der Waals surface area contributed by atoms with Crippen LogP contribution < -0.4 is 5.32 Å². The van der Waals surface area contributed by atoms with Gasteiger partial charge < -0.3 is 65.1 Å². The molecule has 2 saturated heterocycles. The highest BCUT2D eigenvalue weighted by atomic mass is 16.7. The number of hydrogen-bond donors (Lipinski definition) is 9. The number of amides is 1. The Morgan fingerprint density at radius 2 is 0.933 bits per heavy atom. The highest BCUT2D eigenvalue weighted by Crippen LogP contribution is 2.30. The molecule has 75 heavy (non-hydrogen) atoms. The molecule has 0 aromatic heterocycles. The normalized spacial score (nSPS) is 25.9. The number of aliphatic hydroxyl groups excluding tert-OH is 8. The van der Waals surface area contributed by atoms with Gasteiger partial charge in [0.05, 0.1) is 32.0 Å². The maximum absolute atomic E-state index is 13.2. The Kier molecular flexibility index (Phi) is 41.2. The van der Waals surface area contributed by atoms with Crippen molar-refractivity contribution >= 4 is 5.91 Å². The van der Waals surface area contributed by atoms with Gasteiger partial charge in [-0.3, -0.25) is 4.79 Å². The molecule has 0 aromatic carbocycles. The largest absolute Gasteiger partial charge is 0.394 e. The fourth-order valence-corrected chi connectivity index (χ4v) is 8.58. The molecule has 0 aromatic rings. The van der Waals surface area contributed by atoms with Gasteiger partial charge in [-0.25, -0.2) is 0 Å². The van der Waals surface area contributed by atoms with E-state index < -0.39 is 86.8 Å². The van der Waals surface area contributed by atoms with Crippen molar-refractivity contribution in [2.75, 3.05) is 19.8 Å². The van der Waals surface area contributed by atoms with Crippen molar-refractivity contribution in [3.63, 3.8) is 0 Å². The molecule has 2 heterocycles. The molecule has 428 valence electrons. The van der Waals surface area contributed by atoms with Crippen LogP contribution in [0, 0.1) is 0 Å². The summed E-state index contributed by atoms with van der Waals surface area (Å²) in [6.07, 6.45) is 47.0. The van der Waals surface area contributed by atoms with E-state index in [4.69, 9.17) is 18.9 Å². The van der Waals surface area contributed by atoms with Crippen molar-refractivity contribution in [2.24, 2.45) is 0 Å². The topological polar surface area (TPSA) is 228 Å². The lowest BCUT2D eigenvalue weighted by atomic mass is 9.97. The van der Waals surface area contributed by atoms with E-state index in [1.165, 1.54) is 38.5 Å². The summed E-state index contributed by atoms with van der Waals surface area (Å²) in [4.78, 5) is 13.2. The van der Waals surface area contributed by atoms with Crippen molar-refractivity contribution in [3.05, 3.63) is 109 Å². The average molecular weight is 1060 g/mol. The first-order chi connectivity index (χ1) is 36.6.